The average molecular weight is 338 g/mol. The van der Waals surface area contributed by atoms with E-state index in [0.717, 1.165) is 10.7 Å². The number of hydrogen-bond acceptors (Lipinski definition) is 3. The summed E-state index contributed by atoms with van der Waals surface area (Å²) in [7, 11) is 3.57. The van der Waals surface area contributed by atoms with E-state index in [9.17, 15) is 8.78 Å². The highest BCUT2D eigenvalue weighted by atomic mass is 32.1. The van der Waals surface area contributed by atoms with E-state index in [1.807, 2.05) is 24.3 Å². The van der Waals surface area contributed by atoms with Gasteiger partial charge in [0.15, 0.2) is 5.96 Å². The Labute approximate surface area is 138 Å². The summed E-state index contributed by atoms with van der Waals surface area (Å²) >= 11 is 1.60. The van der Waals surface area contributed by atoms with Crippen LogP contribution in [0.5, 0.6) is 0 Å². The number of nitrogens with one attached hydrogen (secondary N) is 1. The number of rotatable bonds is 5. The Balaban J connectivity index is 1.90. The molecule has 1 N–H and O–H groups in total. The molecule has 0 radical (unpaired) electrons. The summed E-state index contributed by atoms with van der Waals surface area (Å²) in [6.07, 6.45) is 0.251. The number of hydrogen-bond donors (Lipinski definition) is 1. The molecule has 0 aliphatic rings. The van der Waals surface area contributed by atoms with Gasteiger partial charge in [-0.2, -0.15) is 0 Å². The molecule has 0 atom stereocenters. The molecule has 7 heteroatoms. The van der Waals surface area contributed by atoms with Gasteiger partial charge in [-0.05, 0) is 25.5 Å². The number of guanidine groups is 1. The van der Waals surface area contributed by atoms with Gasteiger partial charge >= 0.3 is 0 Å². The van der Waals surface area contributed by atoms with Gasteiger partial charge in [-0.3, -0.25) is 4.99 Å². The van der Waals surface area contributed by atoms with Crippen molar-refractivity contribution in [3.8, 4) is 0 Å². The molecule has 2 aromatic rings. The lowest BCUT2D eigenvalue weighted by molar-refractivity contribution is 0.470. The summed E-state index contributed by atoms with van der Waals surface area (Å²) in [6, 6.07) is 3.90. The summed E-state index contributed by atoms with van der Waals surface area (Å²) in [4.78, 5) is 10.5. The Kier molecular flexibility index (Phi) is 6.04. The molecule has 0 saturated heterocycles. The molecule has 4 nitrogen and oxygen atoms in total. The maximum atomic E-state index is 13.6. The number of halogens is 2. The summed E-state index contributed by atoms with van der Waals surface area (Å²) in [5.41, 5.74) is 1.06. The molecule has 0 aliphatic carbocycles. The van der Waals surface area contributed by atoms with Crippen molar-refractivity contribution in [2.24, 2.45) is 4.99 Å². The van der Waals surface area contributed by atoms with Crippen LogP contribution in [0.15, 0.2) is 28.6 Å². The summed E-state index contributed by atoms with van der Waals surface area (Å²) < 4.78 is 27.2. The Morgan fingerprint density at radius 2 is 2.04 bits per heavy atom. The number of aromatic nitrogens is 1. The predicted octanol–water partition coefficient (Wildman–Crippen LogP) is 2.98. The summed E-state index contributed by atoms with van der Waals surface area (Å²) in [5, 5.41) is 6.14. The van der Waals surface area contributed by atoms with Crippen LogP contribution in [0.4, 0.5) is 8.78 Å². The number of thiazole rings is 1. The second kappa shape index (κ2) is 8.01. The lowest BCUT2D eigenvalue weighted by atomic mass is 10.1. The van der Waals surface area contributed by atoms with Crippen LogP contribution in [0, 0.1) is 18.6 Å². The zero-order valence-corrected chi connectivity index (χ0v) is 14.3. The first-order valence-corrected chi connectivity index (χ1v) is 8.15. The molecule has 0 fully saturated rings. The van der Waals surface area contributed by atoms with Crippen molar-refractivity contribution in [2.75, 3.05) is 20.6 Å². The van der Waals surface area contributed by atoms with Gasteiger partial charge in [0.25, 0.3) is 0 Å². The Morgan fingerprint density at radius 3 is 2.61 bits per heavy atom. The number of aryl methyl sites for hydroxylation is 1. The topological polar surface area (TPSA) is 40.5 Å². The van der Waals surface area contributed by atoms with Crippen molar-refractivity contribution in [3.05, 3.63) is 51.5 Å². The Hall–Kier alpha value is -2.02. The first-order chi connectivity index (χ1) is 11.0. The van der Waals surface area contributed by atoms with Gasteiger partial charge < -0.3 is 10.2 Å². The van der Waals surface area contributed by atoms with Crippen LogP contribution in [0.2, 0.25) is 0 Å². The van der Waals surface area contributed by atoms with Crippen molar-refractivity contribution in [1.29, 1.82) is 0 Å². The molecular weight excluding hydrogens is 318 g/mol. The van der Waals surface area contributed by atoms with Crippen LogP contribution in [-0.2, 0) is 13.0 Å². The van der Waals surface area contributed by atoms with Crippen LogP contribution < -0.4 is 5.32 Å². The zero-order chi connectivity index (χ0) is 16.8. The minimum Gasteiger partial charge on any atom is -0.356 e. The SMILES string of the molecule is CN=C(NCCc1c(F)cccc1F)N(C)Cc1csc(C)n1. The fourth-order valence-corrected chi connectivity index (χ4v) is 2.86. The fourth-order valence-electron chi connectivity index (χ4n) is 2.25. The monoisotopic (exact) mass is 338 g/mol. The third kappa shape index (κ3) is 4.72. The van der Waals surface area contributed by atoms with Gasteiger partial charge in [-0.15, -0.1) is 11.3 Å². The van der Waals surface area contributed by atoms with Crippen LogP contribution in [0.1, 0.15) is 16.3 Å². The van der Waals surface area contributed by atoms with E-state index in [4.69, 9.17) is 0 Å². The molecule has 1 aromatic carbocycles. The van der Waals surface area contributed by atoms with E-state index in [2.05, 4.69) is 15.3 Å². The number of benzene rings is 1. The molecule has 23 heavy (non-hydrogen) atoms. The minimum absolute atomic E-state index is 0.0910. The average Bonchev–Trinajstić information content (AvgIpc) is 2.91. The summed E-state index contributed by atoms with van der Waals surface area (Å²) in [5.74, 6) is -0.381. The zero-order valence-electron chi connectivity index (χ0n) is 13.4. The molecule has 0 bridgehead atoms. The first kappa shape index (κ1) is 17.3. The van der Waals surface area contributed by atoms with E-state index in [0.29, 0.717) is 19.0 Å². The van der Waals surface area contributed by atoms with E-state index in [1.165, 1.54) is 18.2 Å². The molecule has 2 rings (SSSR count). The van der Waals surface area contributed by atoms with Crippen LogP contribution >= 0.6 is 11.3 Å². The third-order valence-corrected chi connectivity index (χ3v) is 4.18. The van der Waals surface area contributed by atoms with Gasteiger partial charge in [0.1, 0.15) is 11.6 Å². The Bertz CT molecular complexity index is 664. The lowest BCUT2D eigenvalue weighted by Gasteiger charge is -2.21. The highest BCUT2D eigenvalue weighted by Gasteiger charge is 2.11. The molecule has 124 valence electrons. The summed E-state index contributed by atoms with van der Waals surface area (Å²) in [6.45, 7) is 2.98. The van der Waals surface area contributed by atoms with Gasteiger partial charge in [-0.25, -0.2) is 13.8 Å². The van der Waals surface area contributed by atoms with Crippen molar-refractivity contribution >= 4 is 17.3 Å². The maximum Gasteiger partial charge on any atom is 0.193 e. The van der Waals surface area contributed by atoms with Crippen molar-refractivity contribution in [2.45, 2.75) is 19.9 Å². The molecule has 0 unspecified atom stereocenters. The molecular formula is C16H20F2N4S. The highest BCUT2D eigenvalue weighted by molar-refractivity contribution is 7.09. The van der Waals surface area contributed by atoms with Crippen LogP contribution in [0.3, 0.4) is 0 Å². The van der Waals surface area contributed by atoms with Crippen molar-refractivity contribution in [1.82, 2.24) is 15.2 Å². The van der Waals surface area contributed by atoms with E-state index in [1.54, 1.807) is 18.4 Å². The van der Waals surface area contributed by atoms with Crippen LogP contribution in [-0.4, -0.2) is 36.5 Å². The molecule has 0 saturated carbocycles. The maximum absolute atomic E-state index is 13.6. The Morgan fingerprint density at radius 1 is 1.35 bits per heavy atom. The molecule has 0 amide bonds. The molecule has 0 spiro atoms. The molecule has 1 aromatic heterocycles. The van der Waals surface area contributed by atoms with E-state index in [-0.39, 0.29) is 12.0 Å². The smallest absolute Gasteiger partial charge is 0.193 e. The van der Waals surface area contributed by atoms with E-state index >= 15 is 0 Å². The molecule has 0 aliphatic heterocycles. The quantitative estimate of drug-likeness (QED) is 0.673. The normalized spacial score (nSPS) is 11.6. The van der Waals surface area contributed by atoms with Crippen molar-refractivity contribution < 1.29 is 8.78 Å². The van der Waals surface area contributed by atoms with Crippen LogP contribution in [0.25, 0.3) is 0 Å². The second-order valence-electron chi connectivity index (χ2n) is 5.14. The molecule has 1 heterocycles. The van der Waals surface area contributed by atoms with E-state index < -0.39 is 11.6 Å². The minimum atomic E-state index is -0.520. The number of aliphatic imine (C=N–C) groups is 1. The van der Waals surface area contributed by atoms with Gasteiger partial charge in [-0.1, -0.05) is 6.07 Å². The highest BCUT2D eigenvalue weighted by Crippen LogP contribution is 2.12. The first-order valence-electron chi connectivity index (χ1n) is 7.27. The van der Waals surface area contributed by atoms with Gasteiger partial charge in [0, 0.05) is 31.6 Å². The number of nitrogens with zero attached hydrogens (tertiary/aromatic N) is 3. The third-order valence-electron chi connectivity index (χ3n) is 3.36. The predicted molar refractivity (Wildman–Crippen MR) is 89.7 cm³/mol. The van der Waals surface area contributed by atoms with Crippen molar-refractivity contribution in [3.63, 3.8) is 0 Å². The standard InChI is InChI=1S/C16H20F2N4S/c1-11-21-12(10-23-11)9-22(3)16(19-2)20-8-7-13-14(17)5-4-6-15(13)18/h4-6,10H,7-9H2,1-3H3,(H,19,20). The fraction of sp³-hybridized carbons (Fsp3) is 0.375. The second-order valence-corrected chi connectivity index (χ2v) is 6.20. The van der Waals surface area contributed by atoms with Gasteiger partial charge in [0.05, 0.1) is 17.2 Å². The lowest BCUT2D eigenvalue weighted by Crippen LogP contribution is -2.39. The van der Waals surface area contributed by atoms with Gasteiger partial charge in [0.2, 0.25) is 0 Å². The largest absolute Gasteiger partial charge is 0.356 e.